The minimum absolute atomic E-state index is 0.00969. The Kier molecular flexibility index (Phi) is 5.64. The van der Waals surface area contributed by atoms with Crippen molar-refractivity contribution in [3.63, 3.8) is 0 Å². The molecule has 0 aliphatic heterocycles. The summed E-state index contributed by atoms with van der Waals surface area (Å²) in [5.74, 6) is -0.00969. The monoisotopic (exact) mass is 302 g/mol. The van der Waals surface area contributed by atoms with Gasteiger partial charge in [0.1, 0.15) is 0 Å². The van der Waals surface area contributed by atoms with Gasteiger partial charge in [-0.2, -0.15) is 0 Å². The number of amides is 1. The van der Waals surface area contributed by atoms with Crippen molar-refractivity contribution >= 4 is 23.2 Å². The lowest BCUT2D eigenvalue weighted by atomic mass is 10.1. The quantitative estimate of drug-likeness (QED) is 0.858. The summed E-state index contributed by atoms with van der Waals surface area (Å²) in [7, 11) is 0. The molecule has 0 bridgehead atoms. The van der Waals surface area contributed by atoms with Crippen molar-refractivity contribution in [3.8, 4) is 0 Å². The number of aryl methyl sites for hydroxylation is 1. The number of carbonyl (C=O) groups is 1. The molecule has 0 fully saturated rings. The van der Waals surface area contributed by atoms with Gasteiger partial charge in [0, 0.05) is 17.3 Å². The molecule has 0 saturated heterocycles. The standard InChI is InChI=1S/C17H19ClN2O/c1-13-2-8-16(9-3-13)20-12-17(21)19-11-10-14-4-6-15(18)7-5-14/h2-9,20H,10-12H2,1H3,(H,19,21). The third kappa shape index (κ3) is 5.48. The fraction of sp³-hybridized carbons (Fsp3) is 0.235. The molecule has 2 aromatic rings. The van der Waals surface area contributed by atoms with Crippen LogP contribution in [0.2, 0.25) is 5.02 Å². The minimum Gasteiger partial charge on any atom is -0.376 e. The van der Waals surface area contributed by atoms with E-state index in [1.807, 2.05) is 55.5 Å². The van der Waals surface area contributed by atoms with Gasteiger partial charge in [-0.3, -0.25) is 4.79 Å². The van der Waals surface area contributed by atoms with Crippen molar-refractivity contribution in [1.82, 2.24) is 5.32 Å². The first-order valence-electron chi connectivity index (χ1n) is 6.95. The number of benzene rings is 2. The Morgan fingerprint density at radius 2 is 1.71 bits per heavy atom. The smallest absolute Gasteiger partial charge is 0.239 e. The van der Waals surface area contributed by atoms with Crippen LogP contribution in [0, 0.1) is 6.92 Å². The van der Waals surface area contributed by atoms with E-state index in [0.717, 1.165) is 22.7 Å². The summed E-state index contributed by atoms with van der Waals surface area (Å²) in [5, 5.41) is 6.72. The molecule has 0 aliphatic rings. The van der Waals surface area contributed by atoms with E-state index in [2.05, 4.69) is 10.6 Å². The molecular weight excluding hydrogens is 284 g/mol. The molecule has 0 saturated carbocycles. The maximum Gasteiger partial charge on any atom is 0.239 e. The van der Waals surface area contributed by atoms with E-state index in [1.165, 1.54) is 5.56 Å². The van der Waals surface area contributed by atoms with Gasteiger partial charge in [0.2, 0.25) is 5.91 Å². The average Bonchev–Trinajstić information content (AvgIpc) is 2.49. The van der Waals surface area contributed by atoms with Gasteiger partial charge in [-0.25, -0.2) is 0 Å². The Morgan fingerprint density at radius 1 is 1.05 bits per heavy atom. The molecule has 0 spiro atoms. The molecular formula is C17H19ClN2O. The molecule has 0 unspecified atom stereocenters. The lowest BCUT2D eigenvalue weighted by Crippen LogP contribution is -2.31. The van der Waals surface area contributed by atoms with Crippen molar-refractivity contribution in [2.75, 3.05) is 18.4 Å². The van der Waals surface area contributed by atoms with E-state index in [0.29, 0.717) is 6.54 Å². The number of hydrogen-bond donors (Lipinski definition) is 2. The Bertz CT molecular complexity index is 579. The van der Waals surface area contributed by atoms with Crippen molar-refractivity contribution in [3.05, 3.63) is 64.7 Å². The molecule has 2 aromatic carbocycles. The van der Waals surface area contributed by atoms with Crippen LogP contribution < -0.4 is 10.6 Å². The van der Waals surface area contributed by atoms with E-state index < -0.39 is 0 Å². The largest absolute Gasteiger partial charge is 0.376 e. The first kappa shape index (κ1) is 15.4. The first-order chi connectivity index (χ1) is 10.1. The second-order valence-electron chi connectivity index (χ2n) is 4.95. The van der Waals surface area contributed by atoms with Crippen molar-refractivity contribution in [1.29, 1.82) is 0 Å². The summed E-state index contributed by atoms with van der Waals surface area (Å²) in [5.41, 5.74) is 3.31. The van der Waals surface area contributed by atoms with E-state index in [-0.39, 0.29) is 12.5 Å². The molecule has 0 radical (unpaired) electrons. The highest BCUT2D eigenvalue weighted by Gasteiger charge is 2.01. The van der Waals surface area contributed by atoms with Gasteiger partial charge >= 0.3 is 0 Å². The average molecular weight is 303 g/mol. The van der Waals surface area contributed by atoms with Gasteiger partial charge < -0.3 is 10.6 Å². The summed E-state index contributed by atoms with van der Waals surface area (Å²) in [4.78, 5) is 11.7. The van der Waals surface area contributed by atoms with Crippen LogP contribution in [0.3, 0.4) is 0 Å². The first-order valence-corrected chi connectivity index (χ1v) is 7.33. The summed E-state index contributed by atoms with van der Waals surface area (Å²) < 4.78 is 0. The maximum absolute atomic E-state index is 11.7. The van der Waals surface area contributed by atoms with Crippen LogP contribution in [0.1, 0.15) is 11.1 Å². The Balaban J connectivity index is 1.67. The highest BCUT2D eigenvalue weighted by molar-refractivity contribution is 6.30. The minimum atomic E-state index is -0.00969. The zero-order valence-corrected chi connectivity index (χ0v) is 12.8. The van der Waals surface area contributed by atoms with Gasteiger partial charge in [-0.05, 0) is 43.2 Å². The highest BCUT2D eigenvalue weighted by atomic mass is 35.5. The fourth-order valence-corrected chi connectivity index (χ4v) is 2.04. The molecule has 1 amide bonds. The van der Waals surface area contributed by atoms with Crippen LogP contribution >= 0.6 is 11.6 Å². The van der Waals surface area contributed by atoms with Gasteiger partial charge in [0.25, 0.3) is 0 Å². The Hall–Kier alpha value is -2.00. The molecule has 0 atom stereocenters. The number of hydrogen-bond acceptors (Lipinski definition) is 2. The predicted octanol–water partition coefficient (Wildman–Crippen LogP) is 3.42. The van der Waals surface area contributed by atoms with Crippen LogP contribution in [0.15, 0.2) is 48.5 Å². The number of nitrogens with one attached hydrogen (secondary N) is 2. The number of anilines is 1. The fourth-order valence-electron chi connectivity index (χ4n) is 1.91. The second kappa shape index (κ2) is 7.70. The molecule has 2 rings (SSSR count). The Morgan fingerprint density at radius 3 is 2.38 bits per heavy atom. The van der Waals surface area contributed by atoms with Crippen LogP contribution in [0.5, 0.6) is 0 Å². The number of carbonyl (C=O) groups excluding carboxylic acids is 1. The van der Waals surface area contributed by atoms with Gasteiger partial charge in [0.15, 0.2) is 0 Å². The normalized spacial score (nSPS) is 10.2. The molecule has 2 N–H and O–H groups in total. The van der Waals surface area contributed by atoms with Crippen LogP contribution in [0.4, 0.5) is 5.69 Å². The summed E-state index contributed by atoms with van der Waals surface area (Å²) in [6.45, 7) is 2.94. The van der Waals surface area contributed by atoms with E-state index >= 15 is 0 Å². The Labute approximate surface area is 130 Å². The molecule has 4 heteroatoms. The summed E-state index contributed by atoms with van der Waals surface area (Å²) >= 11 is 5.83. The SMILES string of the molecule is Cc1ccc(NCC(=O)NCCc2ccc(Cl)cc2)cc1. The van der Waals surface area contributed by atoms with Gasteiger partial charge in [0.05, 0.1) is 6.54 Å². The molecule has 21 heavy (non-hydrogen) atoms. The van der Waals surface area contributed by atoms with Gasteiger partial charge in [-0.1, -0.05) is 41.4 Å². The van der Waals surface area contributed by atoms with Crippen LogP contribution in [-0.2, 0) is 11.2 Å². The molecule has 3 nitrogen and oxygen atoms in total. The molecule has 0 heterocycles. The van der Waals surface area contributed by atoms with E-state index in [1.54, 1.807) is 0 Å². The lowest BCUT2D eigenvalue weighted by molar-refractivity contribution is -0.119. The van der Waals surface area contributed by atoms with Crippen molar-refractivity contribution in [2.24, 2.45) is 0 Å². The zero-order valence-electron chi connectivity index (χ0n) is 12.0. The topological polar surface area (TPSA) is 41.1 Å². The van der Waals surface area contributed by atoms with Gasteiger partial charge in [-0.15, -0.1) is 0 Å². The van der Waals surface area contributed by atoms with Crippen molar-refractivity contribution < 1.29 is 4.79 Å². The summed E-state index contributed by atoms with van der Waals surface area (Å²) in [6.07, 6.45) is 0.799. The zero-order chi connectivity index (χ0) is 15.1. The van der Waals surface area contributed by atoms with Crippen LogP contribution in [0.25, 0.3) is 0 Å². The lowest BCUT2D eigenvalue weighted by Gasteiger charge is -2.08. The molecule has 0 aromatic heterocycles. The maximum atomic E-state index is 11.7. The van der Waals surface area contributed by atoms with Crippen LogP contribution in [-0.4, -0.2) is 19.0 Å². The van der Waals surface area contributed by atoms with E-state index in [4.69, 9.17) is 11.6 Å². The van der Waals surface area contributed by atoms with Crippen molar-refractivity contribution in [2.45, 2.75) is 13.3 Å². The molecule has 110 valence electrons. The third-order valence-corrected chi connectivity index (χ3v) is 3.41. The summed E-state index contributed by atoms with van der Waals surface area (Å²) in [6, 6.07) is 15.6. The van der Waals surface area contributed by atoms with E-state index in [9.17, 15) is 4.79 Å². The second-order valence-corrected chi connectivity index (χ2v) is 5.38. The third-order valence-electron chi connectivity index (χ3n) is 3.15. The molecule has 0 aliphatic carbocycles. The highest BCUT2D eigenvalue weighted by Crippen LogP contribution is 2.09. The number of rotatable bonds is 6. The number of halogens is 1. The predicted molar refractivity (Wildman–Crippen MR) is 87.8 cm³/mol.